The Morgan fingerprint density at radius 2 is 1.83 bits per heavy atom. The molecule has 0 radical (unpaired) electrons. The topological polar surface area (TPSA) is 66.4 Å². The Hall–Kier alpha value is -1.73. The number of fused-ring (bicyclic) bond motifs is 1. The van der Waals surface area contributed by atoms with Gasteiger partial charge in [-0.15, -0.1) is 11.3 Å². The molecule has 2 N–H and O–H groups in total. The van der Waals surface area contributed by atoms with Crippen LogP contribution < -0.4 is 4.72 Å². The van der Waals surface area contributed by atoms with Gasteiger partial charge in [0.1, 0.15) is 4.21 Å². The van der Waals surface area contributed by atoms with E-state index in [0.717, 1.165) is 16.3 Å². The highest BCUT2D eigenvalue weighted by molar-refractivity contribution is 7.91. The van der Waals surface area contributed by atoms with Crippen LogP contribution in [0, 0.1) is 0 Å². The maximum Gasteiger partial charge on any atom is 0.250 e. The molecule has 0 bridgehead atoms. The number of nitrogens with one attached hydrogen (secondary N) is 1. The van der Waals surface area contributed by atoms with Crippen molar-refractivity contribution in [3.63, 3.8) is 0 Å². The fourth-order valence-corrected chi connectivity index (χ4v) is 4.60. The molecule has 1 aromatic heterocycles. The van der Waals surface area contributed by atoms with Crippen molar-refractivity contribution in [1.82, 2.24) is 4.72 Å². The van der Waals surface area contributed by atoms with E-state index in [-0.39, 0.29) is 10.8 Å². The number of benzene rings is 2. The Morgan fingerprint density at radius 3 is 2.61 bits per heavy atom. The Balaban J connectivity index is 1.69. The standard InChI is InChI=1S/C17H17NO3S2/c19-16(10-11-18-23(20,21)17-9-4-12-22-17)15-8-3-6-13-5-1-2-7-14(13)15/h1-9,12,16,18-19H,10-11H2/t16-/m1/s1. The summed E-state index contributed by atoms with van der Waals surface area (Å²) in [6.07, 6.45) is -0.398. The molecule has 0 aliphatic rings. The van der Waals surface area contributed by atoms with Crippen LogP contribution in [0.25, 0.3) is 10.8 Å². The van der Waals surface area contributed by atoms with Crippen LogP contribution in [0.2, 0.25) is 0 Å². The second-order valence-corrected chi connectivity index (χ2v) is 8.14. The third-order valence-electron chi connectivity index (χ3n) is 3.65. The zero-order valence-corrected chi connectivity index (χ0v) is 14.0. The van der Waals surface area contributed by atoms with Crippen molar-refractivity contribution in [2.24, 2.45) is 0 Å². The molecule has 3 aromatic rings. The minimum Gasteiger partial charge on any atom is -0.388 e. The molecule has 6 heteroatoms. The summed E-state index contributed by atoms with van der Waals surface area (Å²) in [7, 11) is -3.48. The summed E-state index contributed by atoms with van der Waals surface area (Å²) in [5.41, 5.74) is 0.818. The molecule has 120 valence electrons. The van der Waals surface area contributed by atoms with Gasteiger partial charge in [-0.2, -0.15) is 0 Å². The van der Waals surface area contributed by atoms with Crippen LogP contribution in [-0.2, 0) is 10.0 Å². The first-order chi connectivity index (χ1) is 11.1. The Kier molecular flexibility index (Phi) is 4.77. The lowest BCUT2D eigenvalue weighted by Crippen LogP contribution is -2.25. The molecule has 0 aliphatic carbocycles. The maximum absolute atomic E-state index is 12.0. The summed E-state index contributed by atoms with van der Waals surface area (Å²) in [5, 5.41) is 14.2. The Labute approximate surface area is 139 Å². The highest BCUT2D eigenvalue weighted by atomic mass is 32.2. The van der Waals surface area contributed by atoms with Crippen LogP contribution in [0.4, 0.5) is 0 Å². The average molecular weight is 347 g/mol. The third-order valence-corrected chi connectivity index (χ3v) is 6.51. The van der Waals surface area contributed by atoms with E-state index in [1.807, 2.05) is 42.5 Å². The quantitative estimate of drug-likeness (QED) is 0.719. The van der Waals surface area contributed by atoms with E-state index in [4.69, 9.17) is 0 Å². The van der Waals surface area contributed by atoms with Gasteiger partial charge < -0.3 is 5.11 Å². The molecule has 0 saturated heterocycles. The minimum atomic E-state index is -3.48. The molecule has 0 amide bonds. The van der Waals surface area contributed by atoms with E-state index < -0.39 is 16.1 Å². The minimum absolute atomic E-state index is 0.185. The number of aliphatic hydroxyl groups is 1. The molecule has 0 aliphatic heterocycles. The van der Waals surface area contributed by atoms with Crippen molar-refractivity contribution < 1.29 is 13.5 Å². The summed E-state index contributed by atoms with van der Waals surface area (Å²) >= 11 is 1.17. The molecule has 0 saturated carbocycles. The van der Waals surface area contributed by atoms with Crippen LogP contribution in [0.15, 0.2) is 64.2 Å². The lowest BCUT2D eigenvalue weighted by molar-refractivity contribution is 0.170. The monoisotopic (exact) mass is 347 g/mol. The van der Waals surface area contributed by atoms with Gasteiger partial charge in [-0.25, -0.2) is 13.1 Å². The average Bonchev–Trinajstić information content (AvgIpc) is 3.09. The number of rotatable bonds is 6. The summed E-state index contributed by atoms with van der Waals surface area (Å²) in [5.74, 6) is 0. The predicted molar refractivity (Wildman–Crippen MR) is 93.0 cm³/mol. The first-order valence-corrected chi connectivity index (χ1v) is 9.63. The summed E-state index contributed by atoms with van der Waals surface area (Å²) in [4.78, 5) is 0. The molecule has 0 fully saturated rings. The third kappa shape index (κ3) is 3.61. The highest BCUT2D eigenvalue weighted by Crippen LogP contribution is 2.26. The van der Waals surface area contributed by atoms with Gasteiger partial charge >= 0.3 is 0 Å². The smallest absolute Gasteiger partial charge is 0.250 e. The van der Waals surface area contributed by atoms with Gasteiger partial charge in [-0.05, 0) is 34.2 Å². The zero-order chi connectivity index (χ0) is 16.3. The SMILES string of the molecule is O=S(=O)(NCC[C@@H](O)c1cccc2ccccc12)c1cccs1. The highest BCUT2D eigenvalue weighted by Gasteiger charge is 2.16. The molecular weight excluding hydrogens is 330 g/mol. The Bertz CT molecular complexity index is 884. The number of hydrogen-bond donors (Lipinski definition) is 2. The fourth-order valence-electron chi connectivity index (χ4n) is 2.51. The van der Waals surface area contributed by atoms with Crippen molar-refractivity contribution in [1.29, 1.82) is 0 Å². The normalized spacial score (nSPS) is 13.3. The molecule has 23 heavy (non-hydrogen) atoms. The molecule has 1 heterocycles. The van der Waals surface area contributed by atoms with Crippen LogP contribution in [0.1, 0.15) is 18.1 Å². The fraction of sp³-hybridized carbons (Fsp3) is 0.176. The van der Waals surface area contributed by atoms with E-state index in [0.29, 0.717) is 6.42 Å². The van der Waals surface area contributed by atoms with Gasteiger partial charge in [-0.3, -0.25) is 0 Å². The van der Waals surface area contributed by atoms with Crippen molar-refractivity contribution in [2.45, 2.75) is 16.7 Å². The van der Waals surface area contributed by atoms with Gasteiger partial charge in [0, 0.05) is 6.54 Å². The second kappa shape index (κ2) is 6.80. The molecule has 0 unspecified atom stereocenters. The predicted octanol–water partition coefficient (Wildman–Crippen LogP) is 3.30. The van der Waals surface area contributed by atoms with E-state index in [1.54, 1.807) is 17.5 Å². The molecule has 0 spiro atoms. The van der Waals surface area contributed by atoms with E-state index >= 15 is 0 Å². The first-order valence-electron chi connectivity index (χ1n) is 7.27. The number of hydrogen-bond acceptors (Lipinski definition) is 4. The molecule has 4 nitrogen and oxygen atoms in total. The van der Waals surface area contributed by atoms with Crippen molar-refractivity contribution in [3.8, 4) is 0 Å². The van der Waals surface area contributed by atoms with E-state index in [9.17, 15) is 13.5 Å². The number of sulfonamides is 1. The van der Waals surface area contributed by atoms with Crippen LogP contribution in [0.5, 0.6) is 0 Å². The van der Waals surface area contributed by atoms with E-state index in [2.05, 4.69) is 4.72 Å². The van der Waals surface area contributed by atoms with Gasteiger partial charge in [0.2, 0.25) is 10.0 Å². The molecular formula is C17H17NO3S2. The Morgan fingerprint density at radius 1 is 1.04 bits per heavy atom. The van der Waals surface area contributed by atoms with Crippen molar-refractivity contribution in [2.75, 3.05) is 6.54 Å². The molecule has 3 rings (SSSR count). The summed E-state index contributed by atoms with van der Waals surface area (Å²) < 4.78 is 26.9. The van der Waals surface area contributed by atoms with Crippen LogP contribution >= 0.6 is 11.3 Å². The number of thiophene rings is 1. The van der Waals surface area contributed by atoms with Crippen molar-refractivity contribution in [3.05, 3.63) is 65.5 Å². The maximum atomic E-state index is 12.0. The van der Waals surface area contributed by atoms with Gasteiger partial charge in [0.25, 0.3) is 0 Å². The largest absolute Gasteiger partial charge is 0.388 e. The summed E-state index contributed by atoms with van der Waals surface area (Å²) in [6.45, 7) is 0.185. The number of aliphatic hydroxyl groups excluding tert-OH is 1. The molecule has 2 aromatic carbocycles. The lowest BCUT2D eigenvalue weighted by Gasteiger charge is -2.14. The molecule has 1 atom stereocenters. The van der Waals surface area contributed by atoms with Gasteiger partial charge in [0.15, 0.2) is 0 Å². The van der Waals surface area contributed by atoms with Gasteiger partial charge in [0.05, 0.1) is 6.10 Å². The van der Waals surface area contributed by atoms with E-state index in [1.165, 1.54) is 11.3 Å². The summed E-state index contributed by atoms with van der Waals surface area (Å²) in [6, 6.07) is 16.9. The van der Waals surface area contributed by atoms with Crippen LogP contribution in [0.3, 0.4) is 0 Å². The first kappa shape index (κ1) is 16.1. The zero-order valence-electron chi connectivity index (χ0n) is 12.3. The lowest BCUT2D eigenvalue weighted by atomic mass is 9.99. The second-order valence-electron chi connectivity index (χ2n) is 5.20. The van der Waals surface area contributed by atoms with Crippen molar-refractivity contribution >= 4 is 32.1 Å². The van der Waals surface area contributed by atoms with Crippen LogP contribution in [-0.4, -0.2) is 20.1 Å². The van der Waals surface area contributed by atoms with Gasteiger partial charge in [-0.1, -0.05) is 48.5 Å².